The van der Waals surface area contributed by atoms with Gasteiger partial charge in [-0.1, -0.05) is 13.0 Å². The van der Waals surface area contributed by atoms with Crippen LogP contribution in [0.2, 0.25) is 0 Å². The number of ether oxygens (including phenoxy) is 1. The third-order valence-corrected chi connectivity index (χ3v) is 4.58. The molecule has 6 heteroatoms. The highest BCUT2D eigenvalue weighted by atomic mass is 16.7. The van der Waals surface area contributed by atoms with Crippen molar-refractivity contribution in [2.24, 2.45) is 0 Å². The van der Waals surface area contributed by atoms with Crippen molar-refractivity contribution < 1.29 is 18.8 Å². The molecule has 1 aliphatic rings. The number of aromatic nitrogens is 1. The Morgan fingerprint density at radius 1 is 1.27 bits per heavy atom. The zero-order valence-corrected chi connectivity index (χ0v) is 14.2. The summed E-state index contributed by atoms with van der Waals surface area (Å²) in [4.78, 5) is 15.7. The predicted octanol–water partition coefficient (Wildman–Crippen LogP) is 2.05. The summed E-state index contributed by atoms with van der Waals surface area (Å²) >= 11 is 0. The first-order chi connectivity index (χ1) is 10.2. The molecule has 1 aromatic heterocycles. The number of hydrogen-bond donors (Lipinski definition) is 0. The average Bonchev–Trinajstić information content (AvgIpc) is 2.67. The largest absolute Gasteiger partial charge is 0.496 e. The molecule has 0 spiro atoms. The second kappa shape index (κ2) is 6.01. The first-order valence-corrected chi connectivity index (χ1v) is 7.53. The second-order valence-electron chi connectivity index (χ2n) is 6.82. The van der Waals surface area contributed by atoms with E-state index < -0.39 is 7.12 Å². The van der Waals surface area contributed by atoms with Crippen molar-refractivity contribution >= 4 is 18.6 Å². The van der Waals surface area contributed by atoms with Gasteiger partial charge in [0.15, 0.2) is 0 Å². The van der Waals surface area contributed by atoms with Crippen LogP contribution in [-0.4, -0.2) is 36.4 Å². The van der Waals surface area contributed by atoms with Crippen LogP contribution in [0.5, 0.6) is 0 Å². The molecule has 2 heterocycles. The van der Waals surface area contributed by atoms with Gasteiger partial charge in [0, 0.05) is 17.9 Å². The molecule has 5 nitrogen and oxygen atoms in total. The van der Waals surface area contributed by atoms with Gasteiger partial charge in [-0.2, -0.15) is 0 Å². The smallest absolute Gasteiger partial charge is 0.469 e. The van der Waals surface area contributed by atoms with E-state index in [9.17, 15) is 4.79 Å². The lowest BCUT2D eigenvalue weighted by Gasteiger charge is -2.32. The van der Waals surface area contributed by atoms with Crippen molar-refractivity contribution in [3.8, 4) is 0 Å². The van der Waals surface area contributed by atoms with Gasteiger partial charge in [0.2, 0.25) is 0 Å². The van der Waals surface area contributed by atoms with Crippen LogP contribution in [0.3, 0.4) is 0 Å². The Bertz CT molecular complexity index is 543. The quantitative estimate of drug-likeness (QED) is 0.629. The van der Waals surface area contributed by atoms with Crippen LogP contribution in [0, 0.1) is 0 Å². The van der Waals surface area contributed by atoms with Gasteiger partial charge >= 0.3 is 13.1 Å². The SMILES string of the molecule is COC(=O)C[C@H](C)c1cncc(B2OC(C)(C)C(C)(C)O2)c1. The number of esters is 1. The first-order valence-electron chi connectivity index (χ1n) is 7.53. The maximum Gasteiger partial charge on any atom is 0.496 e. The number of carbonyl (C=O) groups is 1. The van der Waals surface area contributed by atoms with Crippen molar-refractivity contribution in [1.82, 2.24) is 4.98 Å². The standard InChI is InChI=1S/C16H24BNO4/c1-11(7-14(19)20-6)12-8-13(10-18-9-12)17-21-15(2,3)16(4,5)22-17/h8-11H,7H2,1-6H3/t11-/m0/s1. The van der Waals surface area contributed by atoms with Gasteiger partial charge in [0.05, 0.1) is 24.7 Å². The second-order valence-corrected chi connectivity index (χ2v) is 6.82. The van der Waals surface area contributed by atoms with Gasteiger partial charge in [-0.3, -0.25) is 9.78 Å². The molecule has 0 aliphatic carbocycles. The molecule has 2 rings (SSSR count). The highest BCUT2D eigenvalue weighted by Gasteiger charge is 2.51. The Labute approximate surface area is 132 Å². The van der Waals surface area contributed by atoms with Crippen LogP contribution < -0.4 is 5.46 Å². The number of carbonyl (C=O) groups excluding carboxylic acids is 1. The summed E-state index contributed by atoms with van der Waals surface area (Å²) in [6, 6.07) is 1.99. The van der Waals surface area contributed by atoms with Gasteiger partial charge in [0.1, 0.15) is 0 Å². The van der Waals surface area contributed by atoms with E-state index >= 15 is 0 Å². The topological polar surface area (TPSA) is 57.7 Å². The summed E-state index contributed by atoms with van der Waals surface area (Å²) in [6.45, 7) is 10.0. The molecule has 1 aromatic rings. The van der Waals surface area contributed by atoms with Gasteiger partial charge < -0.3 is 14.0 Å². The van der Waals surface area contributed by atoms with E-state index in [0.717, 1.165) is 11.0 Å². The van der Waals surface area contributed by atoms with Gasteiger partial charge in [-0.05, 0) is 39.2 Å². The highest BCUT2D eigenvalue weighted by Crippen LogP contribution is 2.36. The average molecular weight is 305 g/mol. The van der Waals surface area contributed by atoms with Crippen LogP contribution in [0.4, 0.5) is 0 Å². The fraction of sp³-hybridized carbons (Fsp3) is 0.625. The fourth-order valence-electron chi connectivity index (χ4n) is 2.31. The van der Waals surface area contributed by atoms with E-state index in [0.29, 0.717) is 6.42 Å². The molecule has 1 saturated heterocycles. The van der Waals surface area contributed by atoms with E-state index in [-0.39, 0.29) is 23.1 Å². The minimum Gasteiger partial charge on any atom is -0.469 e. The maximum absolute atomic E-state index is 11.4. The van der Waals surface area contributed by atoms with Crippen molar-refractivity contribution in [3.05, 3.63) is 24.0 Å². The van der Waals surface area contributed by atoms with Crippen molar-refractivity contribution in [2.75, 3.05) is 7.11 Å². The Morgan fingerprint density at radius 2 is 1.86 bits per heavy atom. The van der Waals surface area contributed by atoms with Crippen LogP contribution in [0.15, 0.2) is 18.5 Å². The summed E-state index contributed by atoms with van der Waals surface area (Å²) in [6.07, 6.45) is 3.84. The number of rotatable bonds is 4. The van der Waals surface area contributed by atoms with Crippen LogP contribution >= 0.6 is 0 Å². The molecular formula is C16H24BNO4. The zero-order valence-electron chi connectivity index (χ0n) is 14.2. The molecule has 0 bridgehead atoms. The molecule has 0 radical (unpaired) electrons. The van der Waals surface area contributed by atoms with Gasteiger partial charge in [-0.15, -0.1) is 0 Å². The van der Waals surface area contributed by atoms with E-state index in [2.05, 4.69) is 4.98 Å². The van der Waals surface area contributed by atoms with Crippen molar-refractivity contribution in [2.45, 2.75) is 58.2 Å². The molecule has 22 heavy (non-hydrogen) atoms. The Hall–Kier alpha value is -1.40. The van der Waals surface area contributed by atoms with E-state index in [1.165, 1.54) is 7.11 Å². The van der Waals surface area contributed by atoms with Crippen molar-refractivity contribution in [1.29, 1.82) is 0 Å². The molecule has 0 unspecified atom stereocenters. The third-order valence-electron chi connectivity index (χ3n) is 4.58. The Morgan fingerprint density at radius 3 is 2.41 bits per heavy atom. The molecule has 1 atom stereocenters. The zero-order chi connectivity index (χ0) is 16.5. The van der Waals surface area contributed by atoms with Crippen LogP contribution in [0.1, 0.15) is 52.5 Å². The lowest BCUT2D eigenvalue weighted by atomic mass is 9.79. The molecule has 1 aliphatic heterocycles. The van der Waals surface area contributed by atoms with E-state index in [1.54, 1.807) is 12.4 Å². The van der Waals surface area contributed by atoms with Crippen molar-refractivity contribution in [3.63, 3.8) is 0 Å². The number of methoxy groups -OCH3 is 1. The minimum atomic E-state index is -0.442. The molecule has 120 valence electrons. The van der Waals surface area contributed by atoms with Crippen LogP contribution in [-0.2, 0) is 18.8 Å². The molecular weight excluding hydrogens is 281 g/mol. The Kier molecular flexibility index (Phi) is 4.63. The first kappa shape index (κ1) is 17.0. The molecule has 1 fully saturated rings. The van der Waals surface area contributed by atoms with Gasteiger partial charge in [-0.25, -0.2) is 0 Å². The monoisotopic (exact) mass is 305 g/mol. The summed E-state index contributed by atoms with van der Waals surface area (Å²) in [7, 11) is 0.955. The minimum absolute atomic E-state index is 0.0299. The van der Waals surface area contributed by atoms with Crippen LogP contribution in [0.25, 0.3) is 0 Å². The summed E-state index contributed by atoms with van der Waals surface area (Å²) < 4.78 is 16.8. The number of nitrogens with zero attached hydrogens (tertiary/aromatic N) is 1. The fourth-order valence-corrected chi connectivity index (χ4v) is 2.31. The number of hydrogen-bond acceptors (Lipinski definition) is 5. The summed E-state index contributed by atoms with van der Waals surface area (Å²) in [5.74, 6) is -0.198. The summed E-state index contributed by atoms with van der Waals surface area (Å²) in [5, 5.41) is 0. The molecule has 0 saturated carbocycles. The molecule has 0 N–H and O–H groups in total. The molecule has 0 aromatic carbocycles. The lowest BCUT2D eigenvalue weighted by Crippen LogP contribution is -2.41. The lowest BCUT2D eigenvalue weighted by molar-refractivity contribution is -0.140. The van der Waals surface area contributed by atoms with E-state index in [1.807, 2.05) is 40.7 Å². The molecule has 0 amide bonds. The highest BCUT2D eigenvalue weighted by molar-refractivity contribution is 6.62. The predicted molar refractivity (Wildman–Crippen MR) is 85.0 cm³/mol. The maximum atomic E-state index is 11.4. The van der Waals surface area contributed by atoms with E-state index in [4.69, 9.17) is 14.0 Å². The Balaban J connectivity index is 2.18. The third kappa shape index (κ3) is 3.33. The number of pyridine rings is 1. The summed E-state index contributed by atoms with van der Waals surface area (Å²) in [5.41, 5.74) is 1.07. The normalized spacial score (nSPS) is 20.7. The van der Waals surface area contributed by atoms with Gasteiger partial charge in [0.25, 0.3) is 0 Å².